The molecule has 0 spiro atoms. The SMILES string of the molecule is O=C(Nc1nc(-c2ccccc2)ns1)N1CCSC[C@@H]1CCO. The highest BCUT2D eigenvalue weighted by atomic mass is 32.2. The van der Waals surface area contributed by atoms with Crippen molar-refractivity contribution in [1.82, 2.24) is 14.3 Å². The summed E-state index contributed by atoms with van der Waals surface area (Å²) in [5, 5.41) is 12.5. The highest BCUT2D eigenvalue weighted by Gasteiger charge is 2.27. The van der Waals surface area contributed by atoms with Crippen molar-refractivity contribution in [3.05, 3.63) is 30.3 Å². The van der Waals surface area contributed by atoms with Gasteiger partial charge in [0, 0.05) is 47.8 Å². The first-order chi connectivity index (χ1) is 11.3. The molecule has 0 unspecified atom stereocenters. The fourth-order valence-corrected chi connectivity index (χ4v) is 4.14. The van der Waals surface area contributed by atoms with Crippen LogP contribution in [0.3, 0.4) is 0 Å². The summed E-state index contributed by atoms with van der Waals surface area (Å²) in [4.78, 5) is 18.6. The Morgan fingerprint density at radius 2 is 2.22 bits per heavy atom. The Morgan fingerprint density at radius 1 is 1.39 bits per heavy atom. The monoisotopic (exact) mass is 350 g/mol. The van der Waals surface area contributed by atoms with E-state index in [0.29, 0.717) is 23.9 Å². The molecule has 1 saturated heterocycles. The fraction of sp³-hybridized carbons (Fsp3) is 0.400. The second-order valence-electron chi connectivity index (χ2n) is 5.15. The first-order valence-corrected chi connectivity index (χ1v) is 9.36. The molecule has 0 bridgehead atoms. The van der Waals surface area contributed by atoms with Gasteiger partial charge in [-0.3, -0.25) is 5.32 Å². The van der Waals surface area contributed by atoms with Gasteiger partial charge in [-0.05, 0) is 6.42 Å². The van der Waals surface area contributed by atoms with Crippen LogP contribution in [0.15, 0.2) is 30.3 Å². The number of urea groups is 1. The molecular formula is C15H18N4O2S2. The van der Waals surface area contributed by atoms with Crippen molar-refractivity contribution in [2.24, 2.45) is 0 Å². The first kappa shape index (κ1) is 16.2. The summed E-state index contributed by atoms with van der Waals surface area (Å²) in [6.45, 7) is 0.775. The summed E-state index contributed by atoms with van der Waals surface area (Å²) in [6.07, 6.45) is 0.603. The highest BCUT2D eigenvalue weighted by molar-refractivity contribution is 7.99. The molecule has 0 saturated carbocycles. The van der Waals surface area contributed by atoms with E-state index in [4.69, 9.17) is 5.11 Å². The lowest BCUT2D eigenvalue weighted by Gasteiger charge is -2.34. The van der Waals surface area contributed by atoms with Crippen molar-refractivity contribution < 1.29 is 9.90 Å². The normalized spacial score (nSPS) is 18.0. The van der Waals surface area contributed by atoms with Crippen LogP contribution in [0.1, 0.15) is 6.42 Å². The van der Waals surface area contributed by atoms with Crippen molar-refractivity contribution in [2.75, 3.05) is 30.0 Å². The Kier molecular flexibility index (Phi) is 5.47. The van der Waals surface area contributed by atoms with Crippen molar-refractivity contribution in [2.45, 2.75) is 12.5 Å². The second kappa shape index (κ2) is 7.76. The van der Waals surface area contributed by atoms with Crippen molar-refractivity contribution in [1.29, 1.82) is 0 Å². The van der Waals surface area contributed by atoms with Crippen molar-refractivity contribution in [3.63, 3.8) is 0 Å². The minimum absolute atomic E-state index is 0.0697. The van der Waals surface area contributed by atoms with E-state index in [1.54, 1.807) is 4.90 Å². The molecule has 1 aliphatic rings. The first-order valence-electron chi connectivity index (χ1n) is 7.43. The van der Waals surface area contributed by atoms with Gasteiger partial charge in [-0.2, -0.15) is 21.1 Å². The van der Waals surface area contributed by atoms with E-state index in [0.717, 1.165) is 17.1 Å². The summed E-state index contributed by atoms with van der Waals surface area (Å²) in [6, 6.07) is 9.58. The summed E-state index contributed by atoms with van der Waals surface area (Å²) in [7, 11) is 0. The fourth-order valence-electron chi connectivity index (χ4n) is 2.45. The van der Waals surface area contributed by atoms with Gasteiger partial charge in [0.25, 0.3) is 0 Å². The number of hydrogen-bond donors (Lipinski definition) is 2. The van der Waals surface area contributed by atoms with Gasteiger partial charge in [-0.15, -0.1) is 0 Å². The lowest BCUT2D eigenvalue weighted by molar-refractivity contribution is 0.177. The van der Waals surface area contributed by atoms with E-state index in [-0.39, 0.29) is 18.7 Å². The van der Waals surface area contributed by atoms with E-state index in [1.165, 1.54) is 11.5 Å². The van der Waals surface area contributed by atoms with Gasteiger partial charge >= 0.3 is 6.03 Å². The molecule has 2 N–H and O–H groups in total. The topological polar surface area (TPSA) is 78.4 Å². The second-order valence-corrected chi connectivity index (χ2v) is 7.06. The smallest absolute Gasteiger partial charge is 0.323 e. The average Bonchev–Trinajstić information content (AvgIpc) is 3.05. The van der Waals surface area contributed by atoms with Crippen molar-refractivity contribution >= 4 is 34.5 Å². The zero-order chi connectivity index (χ0) is 16.1. The number of anilines is 1. The standard InChI is InChI=1S/C15H18N4O2S2/c20-8-6-12-10-22-9-7-19(12)15(21)17-14-16-13(18-23-14)11-4-2-1-3-5-11/h1-5,12,20H,6-10H2,(H,16,17,18,21)/t12-/m0/s1. The lowest BCUT2D eigenvalue weighted by Crippen LogP contribution is -2.48. The predicted octanol–water partition coefficient (Wildman–Crippen LogP) is 2.54. The molecule has 0 radical (unpaired) electrons. The Bertz CT molecular complexity index is 648. The van der Waals surface area contributed by atoms with Gasteiger partial charge in [-0.25, -0.2) is 4.79 Å². The number of aliphatic hydroxyl groups is 1. The van der Waals surface area contributed by atoms with Crippen LogP contribution in [0.5, 0.6) is 0 Å². The number of carbonyl (C=O) groups is 1. The molecule has 2 amide bonds. The van der Waals surface area contributed by atoms with E-state index in [2.05, 4.69) is 14.7 Å². The van der Waals surface area contributed by atoms with Crippen LogP contribution in [0.4, 0.5) is 9.93 Å². The van der Waals surface area contributed by atoms with Crippen LogP contribution in [-0.2, 0) is 0 Å². The van der Waals surface area contributed by atoms with Crippen molar-refractivity contribution in [3.8, 4) is 11.4 Å². The van der Waals surface area contributed by atoms with Crippen LogP contribution in [-0.4, -0.2) is 56.1 Å². The van der Waals surface area contributed by atoms with Crippen LogP contribution in [0.25, 0.3) is 11.4 Å². The Morgan fingerprint density at radius 3 is 3.00 bits per heavy atom. The molecule has 2 heterocycles. The van der Waals surface area contributed by atoms with E-state index in [9.17, 15) is 4.79 Å². The Hall–Kier alpha value is -1.64. The van der Waals surface area contributed by atoms with E-state index in [1.807, 2.05) is 42.1 Å². The minimum Gasteiger partial charge on any atom is -0.396 e. The molecule has 6 nitrogen and oxygen atoms in total. The van der Waals surface area contributed by atoms with Crippen LogP contribution in [0.2, 0.25) is 0 Å². The number of amides is 2. The quantitative estimate of drug-likeness (QED) is 0.886. The third kappa shape index (κ3) is 4.01. The number of benzene rings is 1. The number of nitrogens with zero attached hydrogens (tertiary/aromatic N) is 3. The van der Waals surface area contributed by atoms with Gasteiger partial charge in [0.2, 0.25) is 5.13 Å². The number of hydrogen-bond acceptors (Lipinski definition) is 6. The molecule has 1 aromatic heterocycles. The number of aromatic nitrogens is 2. The number of thioether (sulfide) groups is 1. The van der Waals surface area contributed by atoms with Gasteiger partial charge in [-0.1, -0.05) is 30.3 Å². The predicted molar refractivity (Wildman–Crippen MR) is 93.9 cm³/mol. The minimum atomic E-state index is -0.167. The molecule has 8 heteroatoms. The molecule has 1 fully saturated rings. The summed E-state index contributed by atoms with van der Waals surface area (Å²) in [5.41, 5.74) is 0.928. The molecule has 1 aliphatic heterocycles. The van der Waals surface area contributed by atoms with Gasteiger partial charge in [0.15, 0.2) is 5.82 Å². The largest absolute Gasteiger partial charge is 0.396 e. The maximum absolute atomic E-state index is 12.5. The lowest BCUT2D eigenvalue weighted by atomic mass is 10.2. The molecule has 1 aromatic carbocycles. The Labute approximate surface area is 143 Å². The van der Waals surface area contributed by atoms with Gasteiger partial charge in [0.05, 0.1) is 0 Å². The number of carbonyl (C=O) groups excluding carboxylic acids is 1. The molecule has 1 atom stereocenters. The van der Waals surface area contributed by atoms with Crippen LogP contribution >= 0.6 is 23.3 Å². The molecular weight excluding hydrogens is 332 g/mol. The van der Waals surface area contributed by atoms with Crippen LogP contribution in [0, 0.1) is 0 Å². The molecule has 23 heavy (non-hydrogen) atoms. The number of rotatable bonds is 4. The number of nitrogens with one attached hydrogen (secondary N) is 1. The maximum Gasteiger partial charge on any atom is 0.323 e. The molecule has 3 rings (SSSR count). The third-order valence-corrected chi connectivity index (χ3v) is 5.34. The van der Waals surface area contributed by atoms with Gasteiger partial charge in [0.1, 0.15) is 0 Å². The van der Waals surface area contributed by atoms with Crippen LogP contribution < -0.4 is 5.32 Å². The summed E-state index contributed by atoms with van der Waals surface area (Å²) in [5.74, 6) is 2.40. The zero-order valence-electron chi connectivity index (χ0n) is 12.5. The summed E-state index contributed by atoms with van der Waals surface area (Å²) >= 11 is 2.99. The Balaban J connectivity index is 1.67. The van der Waals surface area contributed by atoms with E-state index >= 15 is 0 Å². The highest BCUT2D eigenvalue weighted by Crippen LogP contribution is 2.23. The van der Waals surface area contributed by atoms with E-state index < -0.39 is 0 Å². The third-order valence-electron chi connectivity index (χ3n) is 3.62. The molecule has 2 aromatic rings. The summed E-state index contributed by atoms with van der Waals surface area (Å²) < 4.78 is 4.29. The van der Waals surface area contributed by atoms with Gasteiger partial charge < -0.3 is 10.0 Å². The molecule has 122 valence electrons. The number of aliphatic hydroxyl groups excluding tert-OH is 1. The maximum atomic E-state index is 12.5. The molecule has 0 aliphatic carbocycles. The average molecular weight is 350 g/mol. The zero-order valence-corrected chi connectivity index (χ0v) is 14.1.